The number of para-hydroxylation sites is 1. The molecule has 0 unspecified atom stereocenters. The summed E-state index contributed by atoms with van der Waals surface area (Å²) >= 11 is 13.5. The van der Waals surface area contributed by atoms with Gasteiger partial charge in [-0.3, -0.25) is 9.78 Å². The zero-order chi connectivity index (χ0) is 19.0. The van der Waals surface area contributed by atoms with Gasteiger partial charge in [-0.1, -0.05) is 41.4 Å². The van der Waals surface area contributed by atoms with Gasteiger partial charge in [-0.2, -0.15) is 0 Å². The highest BCUT2D eigenvalue weighted by atomic mass is 35.5. The number of nitrogens with one attached hydrogen (secondary N) is 1. The normalized spacial score (nSPS) is 17.1. The summed E-state index contributed by atoms with van der Waals surface area (Å²) < 4.78 is 0. The molecule has 4 rings (SSSR count). The van der Waals surface area contributed by atoms with Crippen LogP contribution in [0, 0.1) is 6.92 Å². The third-order valence-electron chi connectivity index (χ3n) is 3.95. The highest BCUT2D eigenvalue weighted by molar-refractivity contribution is 8.18. The van der Waals surface area contributed by atoms with Crippen molar-refractivity contribution in [3.63, 3.8) is 0 Å². The molecule has 1 aliphatic heterocycles. The third-order valence-corrected chi connectivity index (χ3v) is 5.47. The summed E-state index contributed by atoms with van der Waals surface area (Å²) in [5, 5.41) is 5.08. The number of aromatic nitrogens is 1. The average Bonchev–Trinajstić information content (AvgIpc) is 2.98. The van der Waals surface area contributed by atoms with E-state index in [1.54, 1.807) is 18.2 Å². The van der Waals surface area contributed by atoms with Crippen molar-refractivity contribution in [3.05, 3.63) is 74.7 Å². The number of carbonyl (C=O) groups excluding carboxylic acids is 1. The van der Waals surface area contributed by atoms with Crippen molar-refractivity contribution >= 4 is 68.7 Å². The van der Waals surface area contributed by atoms with E-state index in [2.05, 4.69) is 15.3 Å². The Morgan fingerprint density at radius 1 is 1.11 bits per heavy atom. The Morgan fingerprint density at radius 3 is 2.67 bits per heavy atom. The van der Waals surface area contributed by atoms with Crippen LogP contribution in [0.2, 0.25) is 10.0 Å². The van der Waals surface area contributed by atoms with Gasteiger partial charge < -0.3 is 5.32 Å². The van der Waals surface area contributed by atoms with Crippen molar-refractivity contribution in [2.24, 2.45) is 4.99 Å². The van der Waals surface area contributed by atoms with Crippen LogP contribution in [0.3, 0.4) is 0 Å². The number of carbonyl (C=O) groups is 1. The van der Waals surface area contributed by atoms with Crippen LogP contribution in [0.25, 0.3) is 17.0 Å². The van der Waals surface area contributed by atoms with Crippen LogP contribution >= 0.6 is 35.0 Å². The van der Waals surface area contributed by atoms with E-state index in [9.17, 15) is 4.79 Å². The molecule has 134 valence electrons. The lowest BCUT2D eigenvalue weighted by atomic mass is 10.1. The monoisotopic (exact) mass is 413 g/mol. The molecular formula is C20H13Cl2N3OS. The molecule has 4 nitrogen and oxygen atoms in total. The first-order chi connectivity index (χ1) is 13.0. The van der Waals surface area contributed by atoms with Crippen LogP contribution in [0.15, 0.2) is 58.4 Å². The molecule has 2 aromatic carbocycles. The van der Waals surface area contributed by atoms with Crippen LogP contribution in [0.5, 0.6) is 0 Å². The molecule has 0 bridgehead atoms. The molecule has 0 radical (unpaired) electrons. The number of amidine groups is 1. The molecule has 7 heteroatoms. The fourth-order valence-corrected chi connectivity index (χ4v) is 3.97. The summed E-state index contributed by atoms with van der Waals surface area (Å²) in [5.74, 6) is -0.205. The zero-order valence-electron chi connectivity index (χ0n) is 14.2. The molecule has 0 saturated carbocycles. The van der Waals surface area contributed by atoms with Gasteiger partial charge in [-0.15, -0.1) is 0 Å². The number of fused-ring (bicyclic) bond motifs is 1. The second kappa shape index (κ2) is 7.35. The Morgan fingerprint density at radius 2 is 1.89 bits per heavy atom. The number of pyridine rings is 1. The maximum absolute atomic E-state index is 12.3. The molecule has 0 aliphatic carbocycles. The number of halogens is 2. The van der Waals surface area contributed by atoms with Crippen molar-refractivity contribution in [3.8, 4) is 0 Å². The van der Waals surface area contributed by atoms with Gasteiger partial charge in [0.2, 0.25) is 0 Å². The summed E-state index contributed by atoms with van der Waals surface area (Å²) in [7, 11) is 0. The highest BCUT2D eigenvalue weighted by Gasteiger charge is 2.24. The van der Waals surface area contributed by atoms with E-state index in [0.29, 0.717) is 25.8 Å². The van der Waals surface area contributed by atoms with Gasteiger partial charge in [-0.05, 0) is 60.7 Å². The molecular weight excluding hydrogens is 401 g/mol. The summed E-state index contributed by atoms with van der Waals surface area (Å²) in [6.45, 7) is 1.96. The Bertz CT molecular complexity index is 1120. The Labute approximate surface area is 170 Å². The van der Waals surface area contributed by atoms with Crippen molar-refractivity contribution in [2.75, 3.05) is 0 Å². The Kier molecular flexibility index (Phi) is 4.91. The maximum Gasteiger partial charge on any atom is 0.264 e. The zero-order valence-corrected chi connectivity index (χ0v) is 16.5. The van der Waals surface area contributed by atoms with Gasteiger partial charge in [0, 0.05) is 11.1 Å². The number of aliphatic imine (C=N–C) groups is 1. The molecule has 1 saturated heterocycles. The molecule has 2 heterocycles. The molecule has 0 spiro atoms. The maximum atomic E-state index is 12.3. The Hall–Kier alpha value is -2.34. The van der Waals surface area contributed by atoms with Gasteiger partial charge in [0.1, 0.15) is 5.69 Å². The average molecular weight is 414 g/mol. The summed E-state index contributed by atoms with van der Waals surface area (Å²) in [5.41, 5.74) is 3.26. The van der Waals surface area contributed by atoms with E-state index in [1.807, 2.05) is 43.3 Å². The van der Waals surface area contributed by atoms with Crippen LogP contribution < -0.4 is 5.32 Å². The van der Waals surface area contributed by atoms with Gasteiger partial charge >= 0.3 is 0 Å². The second-order valence-corrected chi connectivity index (χ2v) is 7.80. The predicted octanol–water partition coefficient (Wildman–Crippen LogP) is 5.74. The van der Waals surface area contributed by atoms with Crippen molar-refractivity contribution in [2.45, 2.75) is 6.92 Å². The molecule has 0 atom stereocenters. The first-order valence-electron chi connectivity index (χ1n) is 8.10. The van der Waals surface area contributed by atoms with E-state index in [0.717, 1.165) is 22.2 Å². The van der Waals surface area contributed by atoms with Crippen LogP contribution in [0.4, 0.5) is 5.69 Å². The summed E-state index contributed by atoms with van der Waals surface area (Å²) in [6.07, 6.45) is 1.83. The van der Waals surface area contributed by atoms with Crippen LogP contribution in [-0.4, -0.2) is 16.1 Å². The fourth-order valence-electron chi connectivity index (χ4n) is 2.67. The van der Waals surface area contributed by atoms with Gasteiger partial charge in [0.15, 0.2) is 5.17 Å². The Balaban J connectivity index is 1.64. The van der Waals surface area contributed by atoms with Crippen LogP contribution in [-0.2, 0) is 4.79 Å². The number of thioether (sulfide) groups is 1. The van der Waals surface area contributed by atoms with Crippen LogP contribution in [0.1, 0.15) is 11.3 Å². The topological polar surface area (TPSA) is 54.4 Å². The largest absolute Gasteiger partial charge is 0.300 e. The number of rotatable bonds is 2. The van der Waals surface area contributed by atoms with E-state index < -0.39 is 0 Å². The van der Waals surface area contributed by atoms with Gasteiger partial charge in [0.05, 0.1) is 20.5 Å². The lowest BCUT2D eigenvalue weighted by Gasteiger charge is -2.02. The lowest BCUT2D eigenvalue weighted by molar-refractivity contribution is -0.115. The molecule has 1 aliphatic rings. The standard InChI is InChI=1S/C20H13Cl2N3OS/c1-11-5-7-13-9-12(6-8-16(13)23-11)10-17-19(26)25-20(27-17)24-18-14(21)3-2-4-15(18)22/h2-10H,1H3,(H,24,25,26). The first kappa shape index (κ1) is 18.0. The molecule has 1 aromatic heterocycles. The van der Waals surface area contributed by atoms with Crippen molar-refractivity contribution in [1.29, 1.82) is 0 Å². The molecule has 1 amide bonds. The van der Waals surface area contributed by atoms with E-state index in [4.69, 9.17) is 23.2 Å². The SMILES string of the molecule is Cc1ccc2cc(C=C3SC(=Nc4c(Cl)cccc4Cl)NC3=O)ccc2n1. The van der Waals surface area contributed by atoms with E-state index >= 15 is 0 Å². The second-order valence-electron chi connectivity index (χ2n) is 5.96. The highest BCUT2D eigenvalue weighted by Crippen LogP contribution is 2.35. The molecule has 3 aromatic rings. The molecule has 27 heavy (non-hydrogen) atoms. The van der Waals surface area contributed by atoms with E-state index in [-0.39, 0.29) is 5.91 Å². The predicted molar refractivity (Wildman–Crippen MR) is 114 cm³/mol. The fraction of sp³-hybridized carbons (Fsp3) is 0.0500. The van der Waals surface area contributed by atoms with Gasteiger partial charge in [0.25, 0.3) is 5.91 Å². The third kappa shape index (κ3) is 3.86. The van der Waals surface area contributed by atoms with E-state index in [1.165, 1.54) is 11.8 Å². The minimum atomic E-state index is -0.205. The smallest absolute Gasteiger partial charge is 0.264 e. The number of amides is 1. The number of nitrogens with zero attached hydrogens (tertiary/aromatic N) is 2. The first-order valence-corrected chi connectivity index (χ1v) is 9.68. The summed E-state index contributed by atoms with van der Waals surface area (Å²) in [6, 6.07) is 15.0. The molecule has 1 fully saturated rings. The quantitative estimate of drug-likeness (QED) is 0.544. The number of hydrogen-bond acceptors (Lipinski definition) is 4. The summed E-state index contributed by atoms with van der Waals surface area (Å²) in [4.78, 5) is 21.7. The van der Waals surface area contributed by atoms with Crippen molar-refractivity contribution in [1.82, 2.24) is 10.3 Å². The van der Waals surface area contributed by atoms with Crippen molar-refractivity contribution < 1.29 is 4.79 Å². The minimum Gasteiger partial charge on any atom is -0.300 e. The number of aryl methyl sites for hydroxylation is 1. The van der Waals surface area contributed by atoms with Gasteiger partial charge in [-0.25, -0.2) is 4.99 Å². The number of hydrogen-bond donors (Lipinski definition) is 1. The molecule has 1 N–H and O–H groups in total. The minimum absolute atomic E-state index is 0.205. The lowest BCUT2D eigenvalue weighted by Crippen LogP contribution is -2.19. The number of benzene rings is 2.